The van der Waals surface area contributed by atoms with Crippen molar-refractivity contribution in [2.24, 2.45) is 0 Å². The van der Waals surface area contributed by atoms with Gasteiger partial charge in [-0.3, -0.25) is 9.36 Å². The molecule has 0 bridgehead atoms. The monoisotopic (exact) mass is 298 g/mol. The van der Waals surface area contributed by atoms with Crippen LogP contribution in [0, 0.1) is 11.6 Å². The van der Waals surface area contributed by atoms with Gasteiger partial charge in [-0.05, 0) is 12.1 Å². The predicted octanol–water partition coefficient (Wildman–Crippen LogP) is 3.29. The van der Waals surface area contributed by atoms with Gasteiger partial charge in [0, 0.05) is 19.8 Å². The standard InChI is InChI=1S/C10H10ClF2O4P/c1-16-18(15,17-2)5-10(14)6-3-8(12)9(13)4-7(6)11/h3-4H,5H2,1-2H3. The summed E-state index contributed by atoms with van der Waals surface area (Å²) in [6.07, 6.45) is -0.606. The highest BCUT2D eigenvalue weighted by atomic mass is 35.5. The minimum atomic E-state index is -3.57. The lowest BCUT2D eigenvalue weighted by molar-refractivity contribution is 0.101. The molecule has 4 nitrogen and oxygen atoms in total. The van der Waals surface area contributed by atoms with E-state index in [9.17, 15) is 18.1 Å². The van der Waals surface area contributed by atoms with Gasteiger partial charge in [-0.25, -0.2) is 8.78 Å². The molecule has 0 amide bonds. The van der Waals surface area contributed by atoms with E-state index in [-0.39, 0.29) is 10.6 Å². The smallest absolute Gasteiger partial charge is 0.312 e. The minimum absolute atomic E-state index is 0.266. The Morgan fingerprint density at radius 2 is 1.78 bits per heavy atom. The van der Waals surface area contributed by atoms with Gasteiger partial charge in [-0.15, -0.1) is 0 Å². The van der Waals surface area contributed by atoms with Crippen LogP contribution in [0.2, 0.25) is 5.02 Å². The van der Waals surface area contributed by atoms with Gasteiger partial charge in [-0.1, -0.05) is 11.6 Å². The Bertz CT molecular complexity index is 513. The molecular weight excluding hydrogens is 289 g/mol. The number of hydrogen-bond donors (Lipinski definition) is 0. The zero-order chi connectivity index (χ0) is 13.9. The zero-order valence-electron chi connectivity index (χ0n) is 9.58. The van der Waals surface area contributed by atoms with Crippen LogP contribution in [0.3, 0.4) is 0 Å². The van der Waals surface area contributed by atoms with Crippen LogP contribution in [0.15, 0.2) is 12.1 Å². The summed E-state index contributed by atoms with van der Waals surface area (Å²) in [7, 11) is -1.34. The number of Topliss-reactive ketones (excluding diaryl/α,β-unsaturated/α-hetero) is 1. The van der Waals surface area contributed by atoms with Gasteiger partial charge in [0.2, 0.25) is 0 Å². The molecule has 1 rings (SSSR count). The molecule has 0 saturated carbocycles. The second-order valence-electron chi connectivity index (χ2n) is 3.30. The SMILES string of the molecule is COP(=O)(CC(=O)c1cc(F)c(F)cc1Cl)OC. The van der Waals surface area contributed by atoms with E-state index in [1.54, 1.807) is 0 Å². The first kappa shape index (κ1) is 15.2. The Morgan fingerprint density at radius 1 is 1.28 bits per heavy atom. The Labute approximate surface area is 107 Å². The van der Waals surface area contributed by atoms with E-state index in [1.807, 2.05) is 0 Å². The lowest BCUT2D eigenvalue weighted by Crippen LogP contribution is -2.10. The fourth-order valence-electron chi connectivity index (χ4n) is 1.20. The van der Waals surface area contributed by atoms with Crippen LogP contribution in [-0.4, -0.2) is 26.2 Å². The molecule has 0 radical (unpaired) electrons. The second-order valence-corrected chi connectivity index (χ2v) is 5.98. The average molecular weight is 299 g/mol. The van der Waals surface area contributed by atoms with Crippen molar-refractivity contribution in [1.29, 1.82) is 0 Å². The quantitative estimate of drug-likeness (QED) is 0.475. The van der Waals surface area contributed by atoms with Crippen molar-refractivity contribution in [3.05, 3.63) is 34.4 Å². The highest BCUT2D eigenvalue weighted by Crippen LogP contribution is 2.46. The summed E-state index contributed by atoms with van der Waals surface area (Å²) in [5.74, 6) is -3.14. The molecule has 0 N–H and O–H groups in total. The Hall–Kier alpha value is -0.810. The van der Waals surface area contributed by atoms with Crippen molar-refractivity contribution in [2.75, 3.05) is 20.4 Å². The summed E-state index contributed by atoms with van der Waals surface area (Å²) in [6.45, 7) is 0. The summed E-state index contributed by atoms with van der Waals surface area (Å²) in [5.41, 5.74) is -0.273. The summed E-state index contributed by atoms with van der Waals surface area (Å²) in [4.78, 5) is 11.8. The van der Waals surface area contributed by atoms with Gasteiger partial charge in [0.05, 0.1) is 5.02 Å². The largest absolute Gasteiger partial charge is 0.337 e. The Balaban J connectivity index is 3.05. The summed E-state index contributed by atoms with van der Waals surface area (Å²) < 4.78 is 46.7. The number of carbonyl (C=O) groups is 1. The fourth-order valence-corrected chi connectivity index (χ4v) is 2.39. The van der Waals surface area contributed by atoms with Gasteiger partial charge in [0.15, 0.2) is 17.4 Å². The van der Waals surface area contributed by atoms with Crippen LogP contribution in [0.25, 0.3) is 0 Å². The van der Waals surface area contributed by atoms with Crippen molar-refractivity contribution in [1.82, 2.24) is 0 Å². The first-order valence-electron chi connectivity index (χ1n) is 4.71. The maximum atomic E-state index is 13.0. The van der Waals surface area contributed by atoms with Crippen LogP contribution in [-0.2, 0) is 13.6 Å². The first-order chi connectivity index (χ1) is 8.33. The topological polar surface area (TPSA) is 52.6 Å². The number of halogens is 3. The maximum Gasteiger partial charge on any atom is 0.337 e. The summed E-state index contributed by atoms with van der Waals surface area (Å²) in [6, 6.07) is 1.32. The normalized spacial score (nSPS) is 11.6. The van der Waals surface area contributed by atoms with Crippen molar-refractivity contribution >= 4 is 25.0 Å². The molecule has 1 aromatic rings. The number of hydrogen-bond acceptors (Lipinski definition) is 4. The van der Waals surface area contributed by atoms with Crippen molar-refractivity contribution in [3.8, 4) is 0 Å². The van der Waals surface area contributed by atoms with E-state index in [1.165, 1.54) is 0 Å². The van der Waals surface area contributed by atoms with Gasteiger partial charge in [0.25, 0.3) is 0 Å². The lowest BCUT2D eigenvalue weighted by Gasteiger charge is -2.13. The maximum absolute atomic E-state index is 13.0. The van der Waals surface area contributed by atoms with E-state index in [2.05, 4.69) is 9.05 Å². The Morgan fingerprint density at radius 3 is 2.28 bits per heavy atom. The first-order valence-corrected chi connectivity index (χ1v) is 6.82. The van der Waals surface area contributed by atoms with Gasteiger partial charge in [0.1, 0.15) is 6.16 Å². The molecule has 1 aromatic carbocycles. The molecule has 0 aliphatic rings. The van der Waals surface area contributed by atoms with E-state index < -0.39 is 31.2 Å². The van der Waals surface area contributed by atoms with Crippen LogP contribution in [0.5, 0.6) is 0 Å². The molecule has 0 spiro atoms. The molecular formula is C10H10ClF2O4P. The predicted molar refractivity (Wildman–Crippen MR) is 62.2 cm³/mol. The van der Waals surface area contributed by atoms with Crippen LogP contribution >= 0.6 is 19.2 Å². The van der Waals surface area contributed by atoms with E-state index in [0.717, 1.165) is 14.2 Å². The summed E-state index contributed by atoms with van der Waals surface area (Å²) in [5, 5.41) is -0.266. The second kappa shape index (κ2) is 5.89. The third kappa shape index (κ3) is 3.36. The van der Waals surface area contributed by atoms with E-state index in [0.29, 0.717) is 12.1 Å². The van der Waals surface area contributed by atoms with Crippen LogP contribution in [0.4, 0.5) is 8.78 Å². The highest BCUT2D eigenvalue weighted by Gasteiger charge is 2.28. The van der Waals surface area contributed by atoms with E-state index >= 15 is 0 Å². The molecule has 0 atom stereocenters. The van der Waals surface area contributed by atoms with Crippen LogP contribution < -0.4 is 0 Å². The molecule has 0 unspecified atom stereocenters. The molecule has 100 valence electrons. The summed E-state index contributed by atoms with van der Waals surface area (Å²) >= 11 is 5.61. The van der Waals surface area contributed by atoms with Crippen molar-refractivity contribution < 1.29 is 27.2 Å². The molecule has 0 saturated heterocycles. The Kier molecular flexibility index (Phi) is 4.99. The van der Waals surface area contributed by atoms with Gasteiger partial charge < -0.3 is 9.05 Å². The number of rotatable bonds is 5. The molecule has 0 aliphatic carbocycles. The lowest BCUT2D eigenvalue weighted by atomic mass is 10.1. The van der Waals surface area contributed by atoms with Gasteiger partial charge in [-0.2, -0.15) is 0 Å². The number of ketones is 1. The van der Waals surface area contributed by atoms with Crippen molar-refractivity contribution in [3.63, 3.8) is 0 Å². The van der Waals surface area contributed by atoms with Gasteiger partial charge >= 0.3 is 7.60 Å². The molecule has 0 aliphatic heterocycles. The fraction of sp³-hybridized carbons (Fsp3) is 0.300. The zero-order valence-corrected chi connectivity index (χ0v) is 11.2. The van der Waals surface area contributed by atoms with E-state index in [4.69, 9.17) is 11.6 Å². The third-order valence-electron chi connectivity index (χ3n) is 2.20. The van der Waals surface area contributed by atoms with Crippen molar-refractivity contribution in [2.45, 2.75) is 0 Å². The molecule has 0 heterocycles. The third-order valence-corrected chi connectivity index (χ3v) is 4.30. The molecule has 8 heteroatoms. The molecule has 0 aromatic heterocycles. The number of benzene rings is 1. The highest BCUT2D eigenvalue weighted by molar-refractivity contribution is 7.54. The molecule has 0 fully saturated rings. The minimum Gasteiger partial charge on any atom is -0.312 e. The van der Waals surface area contributed by atoms with Crippen LogP contribution in [0.1, 0.15) is 10.4 Å². The molecule has 18 heavy (non-hydrogen) atoms. The number of carbonyl (C=O) groups excluding carboxylic acids is 1. The average Bonchev–Trinajstić information content (AvgIpc) is 2.33.